The first-order chi connectivity index (χ1) is 19.3. The summed E-state index contributed by atoms with van der Waals surface area (Å²) in [7, 11) is -4.19. The molecule has 220 valence electrons. The molecule has 0 spiro atoms. The van der Waals surface area contributed by atoms with E-state index in [4.69, 9.17) is 14.0 Å². The van der Waals surface area contributed by atoms with E-state index in [1.807, 2.05) is 30.3 Å². The van der Waals surface area contributed by atoms with E-state index in [1.165, 1.54) is 38.1 Å². The lowest BCUT2D eigenvalue weighted by Gasteiger charge is -2.26. The lowest BCUT2D eigenvalue weighted by atomic mass is 10.1. The van der Waals surface area contributed by atoms with Crippen molar-refractivity contribution in [3.63, 3.8) is 0 Å². The van der Waals surface area contributed by atoms with Crippen LogP contribution in [-0.4, -0.2) is 56.3 Å². The van der Waals surface area contributed by atoms with Gasteiger partial charge in [-0.3, -0.25) is 9.59 Å². The van der Waals surface area contributed by atoms with Crippen LogP contribution in [0.4, 0.5) is 4.79 Å². The Bertz CT molecular complexity index is 1410. The van der Waals surface area contributed by atoms with Gasteiger partial charge in [0, 0.05) is 0 Å². The molecular formula is C27H33N4O9P. The highest BCUT2D eigenvalue weighted by atomic mass is 31.2. The van der Waals surface area contributed by atoms with Crippen molar-refractivity contribution in [3.8, 4) is 11.4 Å². The Kier molecular flexibility index (Phi) is 10.3. The molecule has 41 heavy (non-hydrogen) atoms. The maximum absolute atomic E-state index is 13.7. The minimum absolute atomic E-state index is 0.0425. The van der Waals surface area contributed by atoms with E-state index in [2.05, 4.69) is 15.3 Å². The molecule has 0 radical (unpaired) electrons. The molecular weight excluding hydrogens is 555 g/mol. The van der Waals surface area contributed by atoms with Crippen molar-refractivity contribution in [2.75, 3.05) is 0 Å². The van der Waals surface area contributed by atoms with Crippen LogP contribution >= 0.6 is 7.67 Å². The Hall–Kier alpha value is -4.19. The number of aryl methyl sites for hydroxylation is 1. The van der Waals surface area contributed by atoms with Crippen LogP contribution in [0.3, 0.4) is 0 Å². The number of esters is 1. The Morgan fingerprint density at radius 1 is 0.902 bits per heavy atom. The van der Waals surface area contributed by atoms with Gasteiger partial charge >= 0.3 is 25.8 Å². The summed E-state index contributed by atoms with van der Waals surface area (Å²) >= 11 is 0. The molecule has 0 saturated carbocycles. The topological polar surface area (TPSA) is 178 Å². The van der Waals surface area contributed by atoms with Crippen molar-refractivity contribution in [2.24, 2.45) is 0 Å². The molecule has 4 N–H and O–H groups in total. The van der Waals surface area contributed by atoms with Gasteiger partial charge in [0.15, 0.2) is 6.10 Å². The van der Waals surface area contributed by atoms with Crippen molar-refractivity contribution in [1.29, 1.82) is 0 Å². The molecule has 2 unspecified atom stereocenters. The van der Waals surface area contributed by atoms with E-state index in [1.54, 1.807) is 31.5 Å². The molecule has 0 aliphatic carbocycles. The summed E-state index contributed by atoms with van der Waals surface area (Å²) in [4.78, 5) is 35.4. The van der Waals surface area contributed by atoms with Gasteiger partial charge in [-0.1, -0.05) is 30.3 Å². The summed E-state index contributed by atoms with van der Waals surface area (Å²) in [6, 6.07) is 14.3. The fourth-order valence-corrected chi connectivity index (χ4v) is 5.61. The molecule has 1 heterocycles. The van der Waals surface area contributed by atoms with E-state index < -0.39 is 50.1 Å². The van der Waals surface area contributed by atoms with Gasteiger partial charge in [-0.15, -0.1) is 0 Å². The van der Waals surface area contributed by atoms with E-state index in [9.17, 15) is 29.2 Å². The molecule has 14 heteroatoms. The van der Waals surface area contributed by atoms with E-state index in [-0.39, 0.29) is 5.75 Å². The fourth-order valence-electron chi connectivity index (χ4n) is 3.78. The molecule has 3 aromatic rings. The number of aromatic nitrogens is 2. The molecule has 1 aromatic heterocycles. The van der Waals surface area contributed by atoms with Gasteiger partial charge < -0.3 is 24.2 Å². The third-order valence-corrected chi connectivity index (χ3v) is 7.49. The highest BCUT2D eigenvalue weighted by Gasteiger charge is 2.34. The summed E-state index contributed by atoms with van der Waals surface area (Å²) in [6.07, 6.45) is -3.01. The van der Waals surface area contributed by atoms with Crippen molar-refractivity contribution < 1.29 is 43.2 Å². The molecule has 0 bridgehead atoms. The number of para-hydroxylation sites is 1. The van der Waals surface area contributed by atoms with Crippen LogP contribution in [0.1, 0.15) is 50.8 Å². The second-order valence-electron chi connectivity index (χ2n) is 9.46. The molecule has 2 aromatic carbocycles. The summed E-state index contributed by atoms with van der Waals surface area (Å²) in [5.41, 5.74) is 2.20. The zero-order valence-corrected chi connectivity index (χ0v) is 24.1. The smallest absolute Gasteiger partial charge is 0.480 e. The Morgan fingerprint density at radius 2 is 1.51 bits per heavy atom. The SMILES string of the molecule is Cc1cc(C(OC(=O)O)c2ccc(OP(=O)(N[C@@H](C)C(=O)O)N[C@@H](C)C(=O)OC(C)C)cc2)n(-c2ccccc2)n1. The number of aliphatic carboxylic acids is 1. The number of nitrogens with zero attached hydrogens (tertiary/aromatic N) is 2. The number of carbonyl (C=O) groups excluding carboxylic acids is 1. The van der Waals surface area contributed by atoms with E-state index in [0.29, 0.717) is 22.6 Å². The van der Waals surface area contributed by atoms with Crippen LogP contribution in [0.2, 0.25) is 0 Å². The Morgan fingerprint density at radius 3 is 2.07 bits per heavy atom. The Balaban J connectivity index is 1.92. The largest absolute Gasteiger partial charge is 0.506 e. The summed E-state index contributed by atoms with van der Waals surface area (Å²) in [6.45, 7) is 7.75. The number of carbonyl (C=O) groups is 3. The standard InChI is InChI=1S/C27H33N4O9P/c1-16(2)38-26(34)19(5)30-41(37,29-18(4)25(32)33)40-22-13-11-20(12-14-22)24(39-27(35)36)23-15-17(3)28-31(23)21-9-7-6-8-10-21/h6-16,18-19,24H,1-5H3,(H,32,33)(H,35,36)(H2,29,30,37)/t18-,19-,24?,41?/m0/s1. The van der Waals surface area contributed by atoms with Gasteiger partial charge in [-0.25, -0.2) is 24.2 Å². The minimum Gasteiger partial charge on any atom is -0.480 e. The second-order valence-corrected chi connectivity index (χ2v) is 11.3. The number of ether oxygens (including phenoxy) is 2. The number of hydrogen-bond donors (Lipinski definition) is 4. The van der Waals surface area contributed by atoms with Gasteiger partial charge in [0.25, 0.3) is 0 Å². The van der Waals surface area contributed by atoms with Crippen molar-refractivity contribution >= 4 is 25.8 Å². The monoisotopic (exact) mass is 588 g/mol. The highest BCUT2D eigenvalue weighted by molar-refractivity contribution is 7.55. The van der Waals surface area contributed by atoms with Gasteiger partial charge in [0.2, 0.25) is 0 Å². The number of carboxylic acids is 1. The highest BCUT2D eigenvalue weighted by Crippen LogP contribution is 2.41. The molecule has 0 amide bonds. The second kappa shape index (κ2) is 13.4. The van der Waals surface area contributed by atoms with Crippen LogP contribution < -0.4 is 14.7 Å². The lowest BCUT2D eigenvalue weighted by Crippen LogP contribution is -2.43. The van der Waals surface area contributed by atoms with E-state index >= 15 is 0 Å². The molecule has 3 rings (SSSR count). The molecule has 0 saturated heterocycles. The first-order valence-corrected chi connectivity index (χ1v) is 14.3. The average Bonchev–Trinajstić information content (AvgIpc) is 3.28. The third-order valence-electron chi connectivity index (χ3n) is 5.57. The predicted molar refractivity (Wildman–Crippen MR) is 148 cm³/mol. The number of rotatable bonds is 13. The summed E-state index contributed by atoms with van der Waals surface area (Å²) in [5.74, 6) is -1.95. The zero-order valence-electron chi connectivity index (χ0n) is 23.2. The van der Waals surface area contributed by atoms with Crippen LogP contribution in [0.25, 0.3) is 5.69 Å². The van der Waals surface area contributed by atoms with Crippen LogP contribution in [0, 0.1) is 6.92 Å². The summed E-state index contributed by atoms with van der Waals surface area (Å²) < 4.78 is 31.3. The average molecular weight is 589 g/mol. The van der Waals surface area contributed by atoms with Crippen LogP contribution in [0.5, 0.6) is 5.75 Å². The van der Waals surface area contributed by atoms with Crippen LogP contribution in [-0.2, 0) is 23.6 Å². The quantitative estimate of drug-likeness (QED) is 0.163. The first kappa shape index (κ1) is 31.3. The van der Waals surface area contributed by atoms with Crippen molar-refractivity contribution in [1.82, 2.24) is 20.0 Å². The molecule has 0 aliphatic rings. The number of benzene rings is 2. The van der Waals surface area contributed by atoms with E-state index in [0.717, 1.165) is 0 Å². The molecule has 4 atom stereocenters. The lowest BCUT2D eigenvalue weighted by molar-refractivity contribution is -0.149. The Labute approximate surface area is 237 Å². The molecule has 13 nitrogen and oxygen atoms in total. The summed E-state index contributed by atoms with van der Waals surface area (Å²) in [5, 5.41) is 28.2. The normalized spacial score (nSPS) is 14.9. The fraction of sp³-hybridized carbons (Fsp3) is 0.333. The third kappa shape index (κ3) is 8.65. The zero-order chi connectivity index (χ0) is 30.3. The maximum atomic E-state index is 13.7. The molecule has 0 aliphatic heterocycles. The van der Waals surface area contributed by atoms with Crippen molar-refractivity contribution in [2.45, 2.75) is 58.9 Å². The number of carboxylic acid groups (broad SMARTS) is 2. The number of nitrogens with one attached hydrogen (secondary N) is 2. The molecule has 0 fully saturated rings. The van der Waals surface area contributed by atoms with Gasteiger partial charge in [0.1, 0.15) is 17.8 Å². The van der Waals surface area contributed by atoms with Crippen LogP contribution in [0.15, 0.2) is 60.7 Å². The van der Waals surface area contributed by atoms with Gasteiger partial charge in [0.05, 0.1) is 23.2 Å². The minimum atomic E-state index is -4.19. The van der Waals surface area contributed by atoms with Crippen molar-refractivity contribution in [3.05, 3.63) is 77.6 Å². The maximum Gasteiger partial charge on any atom is 0.506 e. The first-order valence-electron chi connectivity index (χ1n) is 12.7. The number of hydrogen-bond acceptors (Lipinski definition) is 8. The van der Waals surface area contributed by atoms with Gasteiger partial charge in [-0.05, 0) is 70.5 Å². The predicted octanol–water partition coefficient (Wildman–Crippen LogP) is 4.44. The van der Waals surface area contributed by atoms with Gasteiger partial charge in [-0.2, -0.15) is 5.10 Å².